The van der Waals surface area contributed by atoms with Crippen molar-refractivity contribution in [1.29, 1.82) is 0 Å². The lowest BCUT2D eigenvalue weighted by Crippen LogP contribution is -2.31. The van der Waals surface area contributed by atoms with E-state index in [-0.39, 0.29) is 0 Å². The molecule has 0 saturated carbocycles. The first-order valence-electron chi connectivity index (χ1n) is 6.98. The molecule has 2 aromatic rings. The molecule has 1 fully saturated rings. The zero-order chi connectivity index (χ0) is 14.0. The third-order valence-electron chi connectivity index (χ3n) is 3.81. The Morgan fingerprint density at radius 1 is 1.25 bits per heavy atom. The van der Waals surface area contributed by atoms with Crippen LogP contribution in [0.1, 0.15) is 49.5 Å². The number of ether oxygens (including phenoxy) is 1. The Bertz CT molecular complexity index is 562. The third kappa shape index (κ3) is 2.46. The molecule has 1 aromatic carbocycles. The summed E-state index contributed by atoms with van der Waals surface area (Å²) in [4.78, 5) is 4.45. The average Bonchev–Trinajstić information content (AvgIpc) is 2.99. The molecule has 0 aliphatic carbocycles. The highest BCUT2D eigenvalue weighted by molar-refractivity contribution is 5.23. The molecule has 2 N–H and O–H groups in total. The molecule has 5 heteroatoms. The van der Waals surface area contributed by atoms with Crippen LogP contribution in [-0.2, 0) is 10.3 Å². The maximum atomic E-state index is 6.17. The Morgan fingerprint density at radius 3 is 2.75 bits per heavy atom. The van der Waals surface area contributed by atoms with Crippen molar-refractivity contribution in [2.45, 2.75) is 37.8 Å². The van der Waals surface area contributed by atoms with Crippen LogP contribution in [-0.4, -0.2) is 16.7 Å². The van der Waals surface area contributed by atoms with Gasteiger partial charge in [-0.15, -0.1) is 0 Å². The van der Waals surface area contributed by atoms with Crippen LogP contribution in [0.4, 0.5) is 0 Å². The van der Waals surface area contributed by atoms with E-state index in [0.29, 0.717) is 11.7 Å². The number of hydrogen-bond acceptors (Lipinski definition) is 5. The molecular formula is C15H19N3O2. The molecule has 1 aliphatic rings. The Morgan fingerprint density at radius 2 is 2.05 bits per heavy atom. The van der Waals surface area contributed by atoms with Crippen LogP contribution in [0.3, 0.4) is 0 Å². The second-order valence-corrected chi connectivity index (χ2v) is 5.38. The zero-order valence-electron chi connectivity index (χ0n) is 11.6. The lowest BCUT2D eigenvalue weighted by molar-refractivity contribution is -0.0770. The van der Waals surface area contributed by atoms with Crippen molar-refractivity contribution >= 4 is 0 Å². The zero-order valence-corrected chi connectivity index (χ0v) is 11.6. The van der Waals surface area contributed by atoms with Crippen LogP contribution in [0.2, 0.25) is 0 Å². The Kier molecular flexibility index (Phi) is 3.54. The maximum absolute atomic E-state index is 6.17. The first-order valence-corrected chi connectivity index (χ1v) is 6.98. The summed E-state index contributed by atoms with van der Waals surface area (Å²) in [5, 5.41) is 4.07. The average molecular weight is 273 g/mol. The van der Waals surface area contributed by atoms with Gasteiger partial charge in [0.25, 0.3) is 0 Å². The molecule has 1 aromatic heterocycles. The first-order chi connectivity index (χ1) is 9.69. The molecule has 0 radical (unpaired) electrons. The monoisotopic (exact) mass is 273 g/mol. The van der Waals surface area contributed by atoms with E-state index in [1.807, 2.05) is 37.3 Å². The van der Waals surface area contributed by atoms with Gasteiger partial charge in [-0.3, -0.25) is 0 Å². The van der Waals surface area contributed by atoms with Crippen LogP contribution in [0, 0.1) is 0 Å². The van der Waals surface area contributed by atoms with E-state index >= 15 is 0 Å². The summed E-state index contributed by atoms with van der Waals surface area (Å²) in [5.74, 6) is 1.03. The van der Waals surface area contributed by atoms with Gasteiger partial charge in [-0.2, -0.15) is 4.98 Å². The lowest BCUT2D eigenvalue weighted by atomic mass is 9.95. The highest BCUT2D eigenvalue weighted by Gasteiger charge is 2.35. The van der Waals surface area contributed by atoms with Gasteiger partial charge in [0.2, 0.25) is 11.7 Å². The van der Waals surface area contributed by atoms with E-state index in [4.69, 9.17) is 15.0 Å². The molecule has 0 bridgehead atoms. The SMILES string of the molecule is CC1(c2noc([C@H](N)c3ccccc3)n2)CCCCO1. The summed E-state index contributed by atoms with van der Waals surface area (Å²) in [7, 11) is 0. The van der Waals surface area contributed by atoms with Crippen molar-refractivity contribution in [2.24, 2.45) is 5.73 Å². The van der Waals surface area contributed by atoms with Gasteiger partial charge in [0, 0.05) is 6.61 Å². The van der Waals surface area contributed by atoms with Crippen molar-refractivity contribution in [1.82, 2.24) is 10.1 Å². The molecule has 0 spiro atoms. The molecule has 106 valence electrons. The quantitative estimate of drug-likeness (QED) is 0.930. The van der Waals surface area contributed by atoms with E-state index in [0.717, 1.165) is 31.4 Å². The van der Waals surface area contributed by atoms with Gasteiger partial charge < -0.3 is 15.0 Å². The number of benzene rings is 1. The van der Waals surface area contributed by atoms with Crippen molar-refractivity contribution in [3.05, 3.63) is 47.6 Å². The molecule has 2 atom stereocenters. The maximum Gasteiger partial charge on any atom is 0.248 e. The fourth-order valence-electron chi connectivity index (χ4n) is 2.49. The largest absolute Gasteiger partial charge is 0.367 e. The number of aromatic nitrogens is 2. The lowest BCUT2D eigenvalue weighted by Gasteiger charge is -2.30. The fourth-order valence-corrected chi connectivity index (χ4v) is 2.49. The Hall–Kier alpha value is -1.72. The van der Waals surface area contributed by atoms with Gasteiger partial charge in [0.15, 0.2) is 0 Å². The number of rotatable bonds is 3. The number of nitrogens with two attached hydrogens (primary N) is 1. The molecular weight excluding hydrogens is 254 g/mol. The highest BCUT2D eigenvalue weighted by Crippen LogP contribution is 2.33. The number of hydrogen-bond donors (Lipinski definition) is 1. The van der Waals surface area contributed by atoms with Crippen LogP contribution in [0.25, 0.3) is 0 Å². The molecule has 2 heterocycles. The van der Waals surface area contributed by atoms with E-state index in [2.05, 4.69) is 10.1 Å². The number of nitrogens with zero attached hydrogens (tertiary/aromatic N) is 2. The van der Waals surface area contributed by atoms with E-state index in [1.165, 1.54) is 0 Å². The van der Waals surface area contributed by atoms with Crippen LogP contribution >= 0.6 is 0 Å². The van der Waals surface area contributed by atoms with Gasteiger partial charge in [-0.05, 0) is 31.7 Å². The van der Waals surface area contributed by atoms with Gasteiger partial charge >= 0.3 is 0 Å². The van der Waals surface area contributed by atoms with Gasteiger partial charge in [0.1, 0.15) is 11.6 Å². The minimum absolute atomic E-state index is 0.398. The molecule has 3 rings (SSSR count). The topological polar surface area (TPSA) is 74.2 Å². The summed E-state index contributed by atoms with van der Waals surface area (Å²) in [6.07, 6.45) is 3.11. The molecule has 1 unspecified atom stereocenters. The fraction of sp³-hybridized carbons (Fsp3) is 0.467. The van der Waals surface area contributed by atoms with Gasteiger partial charge in [-0.1, -0.05) is 35.5 Å². The second kappa shape index (κ2) is 5.34. The normalized spacial score (nSPS) is 24.5. The van der Waals surface area contributed by atoms with Crippen molar-refractivity contribution in [2.75, 3.05) is 6.61 Å². The van der Waals surface area contributed by atoms with E-state index in [9.17, 15) is 0 Å². The molecule has 5 nitrogen and oxygen atoms in total. The van der Waals surface area contributed by atoms with Gasteiger partial charge in [0.05, 0.1) is 0 Å². The minimum atomic E-state index is -0.448. The predicted molar refractivity (Wildman–Crippen MR) is 73.9 cm³/mol. The molecule has 0 amide bonds. The van der Waals surface area contributed by atoms with Crippen LogP contribution in [0.5, 0.6) is 0 Å². The minimum Gasteiger partial charge on any atom is -0.367 e. The van der Waals surface area contributed by atoms with Crippen LogP contribution < -0.4 is 5.73 Å². The Balaban J connectivity index is 1.83. The summed E-state index contributed by atoms with van der Waals surface area (Å²) in [6.45, 7) is 2.75. The molecule has 20 heavy (non-hydrogen) atoms. The highest BCUT2D eigenvalue weighted by atomic mass is 16.5. The standard InChI is InChI=1S/C15H19N3O2/c1-15(9-5-6-10-19-15)14-17-13(20-18-14)12(16)11-7-3-2-4-8-11/h2-4,7-8,12H,5-6,9-10,16H2,1H3/t12-,15?/m1/s1. The van der Waals surface area contributed by atoms with Crippen molar-refractivity contribution in [3.63, 3.8) is 0 Å². The van der Waals surface area contributed by atoms with Crippen LogP contribution in [0.15, 0.2) is 34.9 Å². The Labute approximate surface area is 118 Å². The third-order valence-corrected chi connectivity index (χ3v) is 3.81. The summed E-state index contributed by atoms with van der Waals surface area (Å²) in [5.41, 5.74) is 6.67. The first kappa shape index (κ1) is 13.3. The smallest absolute Gasteiger partial charge is 0.248 e. The summed E-state index contributed by atoms with van der Waals surface area (Å²) < 4.78 is 11.2. The molecule has 1 saturated heterocycles. The van der Waals surface area contributed by atoms with E-state index in [1.54, 1.807) is 0 Å². The second-order valence-electron chi connectivity index (χ2n) is 5.38. The summed E-state index contributed by atoms with van der Waals surface area (Å²) >= 11 is 0. The molecule has 1 aliphatic heterocycles. The summed E-state index contributed by atoms with van der Waals surface area (Å²) in [6, 6.07) is 9.34. The predicted octanol–water partition coefficient (Wildman–Crippen LogP) is 2.53. The van der Waals surface area contributed by atoms with Crippen molar-refractivity contribution < 1.29 is 9.26 Å². The van der Waals surface area contributed by atoms with Crippen molar-refractivity contribution in [3.8, 4) is 0 Å². The van der Waals surface area contributed by atoms with Gasteiger partial charge in [-0.25, -0.2) is 0 Å². The van der Waals surface area contributed by atoms with E-state index < -0.39 is 11.6 Å².